The molecule has 1 aromatic rings. The summed E-state index contributed by atoms with van der Waals surface area (Å²) in [5.41, 5.74) is 1.21. The van der Waals surface area contributed by atoms with Gasteiger partial charge in [-0.3, -0.25) is 4.79 Å². The van der Waals surface area contributed by atoms with E-state index in [2.05, 4.69) is 22.0 Å². The third kappa shape index (κ3) is 5.80. The number of carbonyl (C=O) groups excluding carboxylic acids is 1. The summed E-state index contributed by atoms with van der Waals surface area (Å²) in [4.78, 5) is 17.4. The number of amides is 1. The molecule has 1 aliphatic heterocycles. The summed E-state index contributed by atoms with van der Waals surface area (Å²) in [6, 6.07) is 4.68. The largest absolute Gasteiger partial charge is 0.352 e. The number of hydrogen-bond acceptors (Lipinski definition) is 5. The van der Waals surface area contributed by atoms with Gasteiger partial charge in [-0.25, -0.2) is 8.42 Å². The number of benzene rings is 1. The van der Waals surface area contributed by atoms with Crippen molar-refractivity contribution in [1.82, 2.24) is 15.1 Å². The minimum Gasteiger partial charge on any atom is -0.352 e. The third-order valence-corrected chi connectivity index (χ3v) is 5.84. The normalized spacial score (nSPS) is 16.8. The Morgan fingerprint density at radius 3 is 2.40 bits per heavy atom. The fraction of sp³-hybridized carbons (Fsp3) is 0.611. The van der Waals surface area contributed by atoms with Crippen molar-refractivity contribution in [3.05, 3.63) is 29.3 Å². The molecule has 1 fully saturated rings. The molecule has 1 amide bonds. The number of nitrogens with zero attached hydrogens (tertiary/aromatic N) is 2. The Hall–Kier alpha value is -1.44. The molecule has 0 aromatic heterocycles. The zero-order valence-corrected chi connectivity index (χ0v) is 16.2. The molecule has 0 spiro atoms. The van der Waals surface area contributed by atoms with Crippen molar-refractivity contribution in [1.29, 1.82) is 0 Å². The van der Waals surface area contributed by atoms with Gasteiger partial charge in [-0.2, -0.15) is 0 Å². The van der Waals surface area contributed by atoms with Crippen LogP contribution in [0.3, 0.4) is 0 Å². The van der Waals surface area contributed by atoms with E-state index in [4.69, 9.17) is 0 Å². The van der Waals surface area contributed by atoms with E-state index in [1.807, 2.05) is 6.92 Å². The average Bonchev–Trinajstić information content (AvgIpc) is 2.58. The van der Waals surface area contributed by atoms with Crippen LogP contribution in [-0.2, 0) is 9.84 Å². The molecule has 0 aliphatic carbocycles. The number of likely N-dealkylation sites (N-methyl/N-ethyl adjacent to an activating group) is 1. The Kier molecular flexibility index (Phi) is 6.98. The maximum atomic E-state index is 12.4. The molecule has 6 nitrogen and oxygen atoms in total. The number of piperazine rings is 1. The van der Waals surface area contributed by atoms with E-state index in [0.717, 1.165) is 57.5 Å². The molecule has 1 aromatic carbocycles. The second-order valence-corrected chi connectivity index (χ2v) is 8.65. The van der Waals surface area contributed by atoms with Crippen LogP contribution in [0.1, 0.15) is 29.3 Å². The second-order valence-electron chi connectivity index (χ2n) is 6.63. The Morgan fingerprint density at radius 1 is 1.16 bits per heavy atom. The summed E-state index contributed by atoms with van der Waals surface area (Å²) in [6.45, 7) is 11.1. The summed E-state index contributed by atoms with van der Waals surface area (Å²) >= 11 is 0. The van der Waals surface area contributed by atoms with Crippen molar-refractivity contribution < 1.29 is 13.2 Å². The van der Waals surface area contributed by atoms with Gasteiger partial charge in [0.05, 0.1) is 4.90 Å². The van der Waals surface area contributed by atoms with E-state index in [-0.39, 0.29) is 10.8 Å². The molecule has 0 atom stereocenters. The zero-order valence-electron chi connectivity index (χ0n) is 15.4. The molecule has 0 unspecified atom stereocenters. The predicted molar refractivity (Wildman–Crippen MR) is 99.8 cm³/mol. The van der Waals surface area contributed by atoms with E-state index in [1.165, 1.54) is 12.1 Å². The molecule has 1 heterocycles. The van der Waals surface area contributed by atoms with Gasteiger partial charge in [0, 0.05) is 44.5 Å². The van der Waals surface area contributed by atoms with Crippen LogP contribution < -0.4 is 5.32 Å². The fourth-order valence-electron chi connectivity index (χ4n) is 3.01. The summed E-state index contributed by atoms with van der Waals surface area (Å²) < 4.78 is 23.3. The van der Waals surface area contributed by atoms with Gasteiger partial charge in [-0.05, 0) is 44.1 Å². The Balaban J connectivity index is 1.81. The van der Waals surface area contributed by atoms with Crippen molar-refractivity contribution in [2.24, 2.45) is 0 Å². The van der Waals surface area contributed by atoms with Crippen LogP contribution in [0.4, 0.5) is 0 Å². The van der Waals surface area contributed by atoms with Crippen LogP contribution >= 0.6 is 0 Å². The highest BCUT2D eigenvalue weighted by atomic mass is 32.2. The molecule has 1 aliphatic rings. The van der Waals surface area contributed by atoms with Crippen molar-refractivity contribution in [3.8, 4) is 0 Å². The number of carbonyl (C=O) groups is 1. The molecule has 0 radical (unpaired) electrons. The molecular formula is C18H29N3O3S. The summed E-state index contributed by atoms with van der Waals surface area (Å²) in [7, 11) is -3.31. The quantitative estimate of drug-likeness (QED) is 0.733. The minimum absolute atomic E-state index is 0.178. The van der Waals surface area contributed by atoms with Gasteiger partial charge in [0.1, 0.15) is 0 Å². The summed E-state index contributed by atoms with van der Waals surface area (Å²) in [5, 5.41) is 2.91. The number of aryl methyl sites for hydroxylation is 1. The topological polar surface area (TPSA) is 69.7 Å². The van der Waals surface area contributed by atoms with Crippen LogP contribution in [0, 0.1) is 6.92 Å². The van der Waals surface area contributed by atoms with Gasteiger partial charge >= 0.3 is 0 Å². The second kappa shape index (κ2) is 8.78. The van der Waals surface area contributed by atoms with Gasteiger partial charge in [-0.15, -0.1) is 0 Å². The van der Waals surface area contributed by atoms with Gasteiger partial charge in [-0.1, -0.05) is 13.0 Å². The Bertz CT molecular complexity index is 696. The van der Waals surface area contributed by atoms with Crippen molar-refractivity contribution in [3.63, 3.8) is 0 Å². The lowest BCUT2D eigenvalue weighted by molar-refractivity contribution is 0.0947. The first kappa shape index (κ1) is 19.9. The highest BCUT2D eigenvalue weighted by Gasteiger charge is 2.16. The first-order valence-corrected chi connectivity index (χ1v) is 10.7. The summed E-state index contributed by atoms with van der Waals surface area (Å²) in [6.07, 6.45) is 2.04. The monoisotopic (exact) mass is 367 g/mol. The Labute approximate surface area is 151 Å². The molecule has 2 rings (SSSR count). The smallest absolute Gasteiger partial charge is 0.251 e. The van der Waals surface area contributed by atoms with Gasteiger partial charge in [0.2, 0.25) is 0 Å². The van der Waals surface area contributed by atoms with E-state index < -0.39 is 9.84 Å². The highest BCUT2D eigenvalue weighted by Crippen LogP contribution is 2.15. The molecule has 25 heavy (non-hydrogen) atoms. The summed E-state index contributed by atoms with van der Waals surface area (Å²) in [5.74, 6) is -0.209. The number of nitrogens with one attached hydrogen (secondary N) is 1. The van der Waals surface area contributed by atoms with Crippen LogP contribution in [0.15, 0.2) is 23.1 Å². The lowest BCUT2D eigenvalue weighted by Crippen LogP contribution is -2.46. The minimum atomic E-state index is -3.31. The van der Waals surface area contributed by atoms with E-state index in [0.29, 0.717) is 12.1 Å². The molecule has 7 heteroatoms. The van der Waals surface area contributed by atoms with Crippen LogP contribution in [0.25, 0.3) is 0 Å². The Morgan fingerprint density at radius 2 is 1.80 bits per heavy atom. The number of rotatable bonds is 7. The zero-order chi connectivity index (χ0) is 18.4. The number of sulfone groups is 1. The van der Waals surface area contributed by atoms with Gasteiger partial charge in [0.25, 0.3) is 5.91 Å². The van der Waals surface area contributed by atoms with E-state index in [9.17, 15) is 13.2 Å². The maximum absolute atomic E-state index is 12.4. The van der Waals surface area contributed by atoms with E-state index in [1.54, 1.807) is 6.07 Å². The molecule has 1 N–H and O–H groups in total. The first-order valence-electron chi connectivity index (χ1n) is 8.85. The van der Waals surface area contributed by atoms with Crippen LogP contribution in [-0.4, -0.2) is 76.2 Å². The van der Waals surface area contributed by atoms with E-state index >= 15 is 0 Å². The molecule has 1 saturated heterocycles. The number of hydrogen-bond donors (Lipinski definition) is 1. The first-order chi connectivity index (χ1) is 11.8. The molecule has 0 saturated carbocycles. The molecule has 140 valence electrons. The SMILES string of the molecule is CCN1CCN(CCCNC(=O)c2cc(S(C)(=O)=O)ccc2C)CC1. The highest BCUT2D eigenvalue weighted by molar-refractivity contribution is 7.90. The fourth-order valence-corrected chi connectivity index (χ4v) is 3.65. The lowest BCUT2D eigenvalue weighted by Gasteiger charge is -2.33. The van der Waals surface area contributed by atoms with Crippen molar-refractivity contribution >= 4 is 15.7 Å². The van der Waals surface area contributed by atoms with Crippen molar-refractivity contribution in [2.45, 2.75) is 25.2 Å². The maximum Gasteiger partial charge on any atom is 0.251 e. The standard InChI is InChI=1S/C18H29N3O3S/c1-4-20-10-12-21(13-11-20)9-5-8-19-18(22)17-14-16(25(3,23)24)7-6-15(17)2/h6-7,14H,4-5,8-13H2,1-3H3,(H,19,22). The molecule has 0 bridgehead atoms. The van der Waals surface area contributed by atoms with Crippen LogP contribution in [0.5, 0.6) is 0 Å². The third-order valence-electron chi connectivity index (χ3n) is 4.73. The van der Waals surface area contributed by atoms with Gasteiger partial charge < -0.3 is 15.1 Å². The molecular weight excluding hydrogens is 338 g/mol. The van der Waals surface area contributed by atoms with Crippen LogP contribution in [0.2, 0.25) is 0 Å². The predicted octanol–water partition coefficient (Wildman–Crippen LogP) is 1.16. The average molecular weight is 368 g/mol. The van der Waals surface area contributed by atoms with Gasteiger partial charge in [0.15, 0.2) is 9.84 Å². The van der Waals surface area contributed by atoms with Crippen molar-refractivity contribution in [2.75, 3.05) is 52.1 Å². The lowest BCUT2D eigenvalue weighted by atomic mass is 10.1.